The Hall–Kier alpha value is -4.94. The summed E-state index contributed by atoms with van der Waals surface area (Å²) in [4.78, 5) is 32.5. The fourth-order valence-corrected chi connectivity index (χ4v) is 7.09. The number of allylic oxidation sites excluding steroid dienone is 1. The van der Waals surface area contributed by atoms with Crippen LogP contribution in [-0.2, 0) is 25.5 Å². The van der Waals surface area contributed by atoms with Crippen LogP contribution in [0.15, 0.2) is 67.3 Å². The first-order valence-electron chi connectivity index (χ1n) is 18.5. The third kappa shape index (κ3) is 9.97. The fraction of sp³-hybridized carbons (Fsp3) is 0.476. The molecule has 0 bridgehead atoms. The first kappa shape index (κ1) is 40.2. The van der Waals surface area contributed by atoms with Crippen LogP contribution in [0, 0.1) is 0 Å². The Bertz CT molecular complexity index is 1680. The summed E-state index contributed by atoms with van der Waals surface area (Å²) in [5, 5.41) is 0. The molecule has 5 rings (SSSR count). The maximum atomic E-state index is 14.4. The van der Waals surface area contributed by atoms with E-state index in [1.807, 2.05) is 42.5 Å². The molecule has 2 fully saturated rings. The molecule has 0 spiro atoms. The van der Waals surface area contributed by atoms with E-state index in [0.29, 0.717) is 85.3 Å². The number of methoxy groups -OCH3 is 5. The summed E-state index contributed by atoms with van der Waals surface area (Å²) >= 11 is 0. The minimum Gasteiger partial charge on any atom is -0.493 e. The summed E-state index contributed by atoms with van der Waals surface area (Å²) in [6.45, 7) is 8.89. The third-order valence-electron chi connectivity index (χ3n) is 10.0. The summed E-state index contributed by atoms with van der Waals surface area (Å²) < 4.78 is 45.6. The average Bonchev–Trinajstić information content (AvgIpc) is 3.71. The van der Waals surface area contributed by atoms with Crippen molar-refractivity contribution in [1.29, 1.82) is 0 Å². The average molecular weight is 747 g/mol. The second kappa shape index (κ2) is 19.9. The summed E-state index contributed by atoms with van der Waals surface area (Å²) in [7, 11) is 7.81. The number of nitrogens with zero attached hydrogens (tertiary/aromatic N) is 2. The van der Waals surface area contributed by atoms with E-state index in [1.54, 1.807) is 37.3 Å². The molecule has 3 aromatic rings. The number of aryl methyl sites for hydroxylation is 1. The molecule has 12 nitrogen and oxygen atoms in total. The number of likely N-dealkylation sites (tertiary alicyclic amines) is 1. The van der Waals surface area contributed by atoms with Crippen molar-refractivity contribution in [1.82, 2.24) is 9.80 Å². The lowest BCUT2D eigenvalue weighted by atomic mass is 9.93. The highest BCUT2D eigenvalue weighted by Crippen LogP contribution is 2.42. The molecule has 2 aliphatic heterocycles. The second-order valence-corrected chi connectivity index (χ2v) is 13.3. The minimum absolute atomic E-state index is 0.193. The molecule has 0 saturated carbocycles. The lowest BCUT2D eigenvalue weighted by molar-refractivity contribution is -0.159. The standard InChI is InChI=1S/C42H54N2O10/c1-7-10-33(31-27-38(49-4)40(51-6)39(28-31)50-5)41(45)44-18-9-13-34(44)42(46)54-35(16-14-29-15-17-36(47-2)37(25-29)48-3)30-11-8-12-32(26-30)53-24-21-43-19-22-52-23-20-43/h7-8,11-12,15,17,25-28,33-35H,1,9-10,13-14,16,18-24H2,2-6H3/t33-,34-,35?/m0/s1. The summed E-state index contributed by atoms with van der Waals surface area (Å²) in [6.07, 6.45) is 3.69. The summed E-state index contributed by atoms with van der Waals surface area (Å²) in [6, 6.07) is 16.3. The van der Waals surface area contributed by atoms with Crippen molar-refractivity contribution in [2.45, 2.75) is 50.2 Å². The highest BCUT2D eigenvalue weighted by atomic mass is 16.5. The van der Waals surface area contributed by atoms with Crippen LogP contribution in [0.4, 0.5) is 0 Å². The van der Waals surface area contributed by atoms with E-state index in [1.165, 1.54) is 21.3 Å². The van der Waals surface area contributed by atoms with Gasteiger partial charge < -0.3 is 42.8 Å². The van der Waals surface area contributed by atoms with E-state index in [4.69, 9.17) is 37.9 Å². The normalized spacial score (nSPS) is 16.9. The molecule has 292 valence electrons. The molecule has 2 aliphatic rings. The van der Waals surface area contributed by atoms with Crippen LogP contribution in [-0.4, -0.2) is 109 Å². The predicted octanol–water partition coefficient (Wildman–Crippen LogP) is 6.01. The monoisotopic (exact) mass is 746 g/mol. The Morgan fingerprint density at radius 3 is 2.24 bits per heavy atom. The van der Waals surface area contributed by atoms with Gasteiger partial charge in [-0.25, -0.2) is 4.79 Å². The van der Waals surface area contributed by atoms with Gasteiger partial charge in [0.1, 0.15) is 24.5 Å². The maximum absolute atomic E-state index is 14.4. The molecule has 2 heterocycles. The van der Waals surface area contributed by atoms with Gasteiger partial charge in [0.05, 0.1) is 54.7 Å². The number of hydrogen-bond acceptors (Lipinski definition) is 11. The zero-order valence-electron chi connectivity index (χ0n) is 32.2. The fourth-order valence-electron chi connectivity index (χ4n) is 7.09. The minimum atomic E-state index is -0.747. The van der Waals surface area contributed by atoms with Crippen LogP contribution in [0.3, 0.4) is 0 Å². The van der Waals surface area contributed by atoms with Gasteiger partial charge in [0, 0.05) is 26.2 Å². The Morgan fingerprint density at radius 1 is 0.852 bits per heavy atom. The van der Waals surface area contributed by atoms with Gasteiger partial charge in [-0.05, 0) is 85.2 Å². The van der Waals surface area contributed by atoms with E-state index in [0.717, 1.165) is 44.0 Å². The molecule has 0 aliphatic carbocycles. The highest BCUT2D eigenvalue weighted by molar-refractivity contribution is 5.90. The van der Waals surface area contributed by atoms with Gasteiger partial charge in [0.15, 0.2) is 23.0 Å². The number of ether oxygens (including phenoxy) is 8. The van der Waals surface area contributed by atoms with E-state index < -0.39 is 24.0 Å². The number of rotatable bonds is 19. The number of morpholine rings is 1. The molecule has 0 N–H and O–H groups in total. The second-order valence-electron chi connectivity index (χ2n) is 13.3. The van der Waals surface area contributed by atoms with Gasteiger partial charge in [-0.15, -0.1) is 6.58 Å². The van der Waals surface area contributed by atoms with Crippen LogP contribution < -0.4 is 28.4 Å². The first-order valence-corrected chi connectivity index (χ1v) is 18.5. The molecule has 3 atom stereocenters. The smallest absolute Gasteiger partial charge is 0.329 e. The molecule has 0 radical (unpaired) electrons. The lowest BCUT2D eigenvalue weighted by Crippen LogP contribution is -2.44. The van der Waals surface area contributed by atoms with Crippen LogP contribution in [0.2, 0.25) is 0 Å². The molecule has 2 saturated heterocycles. The first-order chi connectivity index (χ1) is 26.3. The SMILES string of the molecule is C=CC[C@H](C(=O)N1CCC[C@H]1C(=O)OC(CCc1ccc(OC)c(OC)c1)c1cccc(OCCN2CCOCC2)c1)c1cc(OC)c(OC)c(OC)c1. The Morgan fingerprint density at radius 2 is 1.57 bits per heavy atom. The quantitative estimate of drug-likeness (QED) is 0.106. The van der Waals surface area contributed by atoms with E-state index >= 15 is 0 Å². The van der Waals surface area contributed by atoms with Crippen molar-refractivity contribution >= 4 is 11.9 Å². The van der Waals surface area contributed by atoms with Crippen molar-refractivity contribution in [2.24, 2.45) is 0 Å². The number of benzene rings is 3. The van der Waals surface area contributed by atoms with Gasteiger partial charge >= 0.3 is 5.97 Å². The van der Waals surface area contributed by atoms with Crippen molar-refractivity contribution in [3.05, 3.63) is 83.9 Å². The van der Waals surface area contributed by atoms with Crippen molar-refractivity contribution < 1.29 is 47.5 Å². The van der Waals surface area contributed by atoms with Crippen LogP contribution in [0.5, 0.6) is 34.5 Å². The third-order valence-corrected chi connectivity index (χ3v) is 10.0. The van der Waals surface area contributed by atoms with Gasteiger partial charge in [-0.2, -0.15) is 0 Å². The molecule has 54 heavy (non-hydrogen) atoms. The Labute approximate surface area is 318 Å². The predicted molar refractivity (Wildman–Crippen MR) is 204 cm³/mol. The van der Waals surface area contributed by atoms with E-state index in [9.17, 15) is 9.59 Å². The summed E-state index contributed by atoms with van der Waals surface area (Å²) in [5.41, 5.74) is 2.49. The molecule has 0 aromatic heterocycles. The van der Waals surface area contributed by atoms with Crippen LogP contribution in [0.25, 0.3) is 0 Å². The molecular formula is C42H54N2O10. The van der Waals surface area contributed by atoms with Gasteiger partial charge in [-0.1, -0.05) is 24.3 Å². The van der Waals surface area contributed by atoms with Crippen molar-refractivity contribution in [3.63, 3.8) is 0 Å². The zero-order chi connectivity index (χ0) is 38.5. The van der Waals surface area contributed by atoms with Crippen LogP contribution >= 0.6 is 0 Å². The molecule has 3 aromatic carbocycles. The van der Waals surface area contributed by atoms with E-state index in [2.05, 4.69) is 11.5 Å². The molecule has 12 heteroatoms. The topological polar surface area (TPSA) is 114 Å². The van der Waals surface area contributed by atoms with Gasteiger partial charge in [-0.3, -0.25) is 9.69 Å². The largest absolute Gasteiger partial charge is 0.493 e. The number of carbonyl (C=O) groups is 2. The Balaban J connectivity index is 1.36. The van der Waals surface area contributed by atoms with Gasteiger partial charge in [0.25, 0.3) is 0 Å². The highest BCUT2D eigenvalue weighted by Gasteiger charge is 2.39. The number of hydrogen-bond donors (Lipinski definition) is 0. The molecule has 1 unspecified atom stereocenters. The van der Waals surface area contributed by atoms with Crippen LogP contribution in [0.1, 0.15) is 54.4 Å². The van der Waals surface area contributed by atoms with Crippen molar-refractivity contribution in [2.75, 3.05) is 81.5 Å². The summed E-state index contributed by atoms with van der Waals surface area (Å²) in [5.74, 6) is 2.01. The number of esters is 1. The maximum Gasteiger partial charge on any atom is 0.329 e. The number of carbonyl (C=O) groups excluding carboxylic acids is 2. The van der Waals surface area contributed by atoms with E-state index in [-0.39, 0.29) is 5.91 Å². The van der Waals surface area contributed by atoms with Gasteiger partial charge in [0.2, 0.25) is 11.7 Å². The lowest BCUT2D eigenvalue weighted by Gasteiger charge is -2.29. The molecular weight excluding hydrogens is 692 g/mol. The van der Waals surface area contributed by atoms with Crippen molar-refractivity contribution in [3.8, 4) is 34.5 Å². The molecule has 1 amide bonds. The Kier molecular flexibility index (Phi) is 14.9. The zero-order valence-corrected chi connectivity index (χ0v) is 32.2. The number of amides is 1.